The number of hydrogen-bond acceptors (Lipinski definition) is 4. The summed E-state index contributed by atoms with van der Waals surface area (Å²) in [6.07, 6.45) is 9.91. The van der Waals surface area contributed by atoms with Crippen molar-refractivity contribution in [2.75, 3.05) is 0 Å². The van der Waals surface area contributed by atoms with E-state index in [0.29, 0.717) is 23.3 Å². The van der Waals surface area contributed by atoms with Crippen LogP contribution in [0, 0.1) is 0 Å². The number of rotatable bonds is 8. The van der Waals surface area contributed by atoms with Gasteiger partial charge in [-0.2, -0.15) is 0 Å². The number of aromatic hydroxyl groups is 2. The second-order valence-corrected chi connectivity index (χ2v) is 14.2. The molecular weight excluding hydrogens is 492 g/mol. The van der Waals surface area contributed by atoms with Crippen LogP contribution in [0.5, 0.6) is 11.5 Å². The van der Waals surface area contributed by atoms with Crippen molar-refractivity contribution in [3.05, 3.63) is 57.6 Å². The van der Waals surface area contributed by atoms with Crippen molar-refractivity contribution >= 4 is 12.4 Å². The van der Waals surface area contributed by atoms with Crippen LogP contribution in [0.1, 0.15) is 153 Å². The van der Waals surface area contributed by atoms with Crippen LogP contribution in [0.15, 0.2) is 34.3 Å². The Balaban J connectivity index is 1.85. The van der Waals surface area contributed by atoms with Gasteiger partial charge in [0.2, 0.25) is 0 Å². The molecule has 0 saturated heterocycles. The fourth-order valence-corrected chi connectivity index (χ4v) is 5.52. The summed E-state index contributed by atoms with van der Waals surface area (Å²) in [4.78, 5) is 9.95. The normalized spacial score (nSPS) is 20.4. The third-order valence-electron chi connectivity index (χ3n) is 8.77. The van der Waals surface area contributed by atoms with Crippen molar-refractivity contribution in [1.29, 1.82) is 0 Å². The first kappa shape index (κ1) is 31.9. The van der Waals surface area contributed by atoms with E-state index in [4.69, 9.17) is 9.98 Å². The van der Waals surface area contributed by atoms with Crippen LogP contribution >= 0.6 is 0 Å². The molecule has 220 valence electrons. The molecule has 2 aromatic rings. The molecule has 3 rings (SSSR count). The molecule has 4 unspecified atom stereocenters. The summed E-state index contributed by atoms with van der Waals surface area (Å²) >= 11 is 0. The van der Waals surface area contributed by atoms with E-state index in [9.17, 15) is 10.2 Å². The molecule has 4 nitrogen and oxygen atoms in total. The number of benzene rings is 2. The molecule has 1 aliphatic rings. The molecule has 0 bridgehead atoms. The Hall–Kier alpha value is -2.62. The van der Waals surface area contributed by atoms with Gasteiger partial charge in [0.05, 0.1) is 12.1 Å². The van der Waals surface area contributed by atoms with E-state index in [2.05, 4.69) is 93.5 Å². The largest absolute Gasteiger partial charge is 0.507 e. The topological polar surface area (TPSA) is 65.2 Å². The van der Waals surface area contributed by atoms with Gasteiger partial charge in [0.1, 0.15) is 11.5 Å². The molecule has 40 heavy (non-hydrogen) atoms. The van der Waals surface area contributed by atoms with Gasteiger partial charge in [-0.25, -0.2) is 0 Å². The SMILES string of the molecule is CCC(C)c1cc(C=NC2CCCC(N=Cc3cc(C(C)CC)cc(C(C)(C)C)c3O)C2)c(O)c(C(C)(C)C)c1. The summed E-state index contributed by atoms with van der Waals surface area (Å²) in [7, 11) is 0. The molecule has 0 heterocycles. The Kier molecular flexibility index (Phi) is 10.3. The van der Waals surface area contributed by atoms with E-state index in [1.807, 2.05) is 12.4 Å². The van der Waals surface area contributed by atoms with Crippen molar-refractivity contribution in [3.63, 3.8) is 0 Å². The Morgan fingerprint density at radius 1 is 0.725 bits per heavy atom. The average molecular weight is 547 g/mol. The van der Waals surface area contributed by atoms with Crippen molar-refractivity contribution in [3.8, 4) is 11.5 Å². The summed E-state index contributed by atoms with van der Waals surface area (Å²) < 4.78 is 0. The average Bonchev–Trinajstić information content (AvgIpc) is 2.89. The van der Waals surface area contributed by atoms with Crippen molar-refractivity contribution in [1.82, 2.24) is 0 Å². The van der Waals surface area contributed by atoms with Gasteiger partial charge in [0.15, 0.2) is 0 Å². The highest BCUT2D eigenvalue weighted by atomic mass is 16.3. The monoisotopic (exact) mass is 546 g/mol. The van der Waals surface area contributed by atoms with Gasteiger partial charge in [-0.15, -0.1) is 0 Å². The molecule has 2 aromatic carbocycles. The number of phenols is 2. The zero-order valence-corrected chi connectivity index (χ0v) is 26.8. The fourth-order valence-electron chi connectivity index (χ4n) is 5.52. The molecule has 4 heteroatoms. The summed E-state index contributed by atoms with van der Waals surface area (Å²) in [6, 6.07) is 8.91. The van der Waals surface area contributed by atoms with Crippen LogP contribution in [0.2, 0.25) is 0 Å². The Labute approximate surface area is 244 Å². The standard InChI is InChI=1S/C36H54N2O2/c1-11-23(3)25-16-27(33(39)31(18-25)35(5,6)7)21-37-29-14-13-15-30(20-29)38-22-28-17-26(24(4)12-2)19-32(34(28)40)36(8,9)10/h16-19,21-24,29-30,39-40H,11-15,20H2,1-10H3. The number of hydrogen-bond donors (Lipinski definition) is 2. The smallest absolute Gasteiger partial charge is 0.128 e. The lowest BCUT2D eigenvalue weighted by Gasteiger charge is -2.26. The minimum Gasteiger partial charge on any atom is -0.507 e. The minimum absolute atomic E-state index is 0.147. The van der Waals surface area contributed by atoms with Crippen LogP contribution in [-0.2, 0) is 10.8 Å². The van der Waals surface area contributed by atoms with Gasteiger partial charge < -0.3 is 10.2 Å². The highest BCUT2D eigenvalue weighted by molar-refractivity contribution is 5.86. The first-order valence-electron chi connectivity index (χ1n) is 15.5. The van der Waals surface area contributed by atoms with E-state index in [0.717, 1.165) is 60.8 Å². The maximum atomic E-state index is 11.1. The van der Waals surface area contributed by atoms with Crippen molar-refractivity contribution < 1.29 is 10.2 Å². The van der Waals surface area contributed by atoms with Gasteiger partial charge in [-0.3, -0.25) is 9.98 Å². The highest BCUT2D eigenvalue weighted by Gasteiger charge is 2.25. The molecule has 0 spiro atoms. The van der Waals surface area contributed by atoms with Crippen molar-refractivity contribution in [2.45, 2.75) is 143 Å². The lowest BCUT2D eigenvalue weighted by molar-refractivity contribution is 0.397. The van der Waals surface area contributed by atoms with Gasteiger partial charge >= 0.3 is 0 Å². The van der Waals surface area contributed by atoms with Crippen LogP contribution < -0.4 is 0 Å². The third-order valence-corrected chi connectivity index (χ3v) is 8.77. The molecule has 1 saturated carbocycles. The Morgan fingerprint density at radius 3 is 1.43 bits per heavy atom. The Bertz CT molecular complexity index is 1120. The maximum absolute atomic E-state index is 11.1. The van der Waals surface area contributed by atoms with E-state index >= 15 is 0 Å². The number of phenolic OH excluding ortho intramolecular Hbond substituents is 2. The molecule has 0 amide bonds. The molecular formula is C36H54N2O2. The highest BCUT2D eigenvalue weighted by Crippen LogP contribution is 2.38. The number of nitrogens with zero attached hydrogens (tertiary/aromatic N) is 2. The first-order valence-corrected chi connectivity index (χ1v) is 15.5. The van der Waals surface area contributed by atoms with Gasteiger partial charge in [0, 0.05) is 34.7 Å². The third kappa shape index (κ3) is 7.77. The minimum atomic E-state index is -0.147. The molecule has 4 atom stereocenters. The van der Waals surface area contributed by atoms with E-state index in [1.54, 1.807) is 0 Å². The van der Waals surface area contributed by atoms with E-state index < -0.39 is 0 Å². The molecule has 0 aromatic heterocycles. The summed E-state index contributed by atoms with van der Waals surface area (Å²) in [5.74, 6) is 1.55. The molecule has 0 aliphatic heterocycles. The van der Waals surface area contributed by atoms with Gasteiger partial charge in [-0.05, 0) is 84.5 Å². The molecule has 0 radical (unpaired) electrons. The molecule has 1 fully saturated rings. The van der Waals surface area contributed by atoms with Gasteiger partial charge in [0.25, 0.3) is 0 Å². The lowest BCUT2D eigenvalue weighted by atomic mass is 9.82. The second kappa shape index (κ2) is 12.9. The quantitative estimate of drug-likeness (QED) is 0.324. The molecule has 1 aliphatic carbocycles. The van der Waals surface area contributed by atoms with Crippen LogP contribution in [0.25, 0.3) is 0 Å². The first-order chi connectivity index (χ1) is 18.6. The predicted molar refractivity (Wildman–Crippen MR) is 172 cm³/mol. The Morgan fingerprint density at radius 2 is 1.10 bits per heavy atom. The fraction of sp³-hybridized carbons (Fsp3) is 0.611. The molecule has 2 N–H and O–H groups in total. The zero-order valence-electron chi connectivity index (χ0n) is 26.8. The van der Waals surface area contributed by atoms with Crippen LogP contribution in [-0.4, -0.2) is 34.7 Å². The summed E-state index contributed by atoms with van der Waals surface area (Å²) in [6.45, 7) is 21.8. The second-order valence-electron chi connectivity index (χ2n) is 14.2. The summed E-state index contributed by atoms with van der Waals surface area (Å²) in [5, 5.41) is 22.3. The van der Waals surface area contributed by atoms with Crippen molar-refractivity contribution in [2.24, 2.45) is 9.98 Å². The number of aliphatic imine (C=N–C) groups is 2. The zero-order chi connectivity index (χ0) is 29.8. The predicted octanol–water partition coefficient (Wildman–Crippen LogP) is 9.57. The maximum Gasteiger partial charge on any atom is 0.128 e. The van der Waals surface area contributed by atoms with Gasteiger partial charge in [-0.1, -0.05) is 81.4 Å². The van der Waals surface area contributed by atoms with E-state index in [1.165, 1.54) is 11.1 Å². The van der Waals surface area contributed by atoms with Crippen LogP contribution in [0.3, 0.4) is 0 Å². The summed E-state index contributed by atoms with van der Waals surface area (Å²) in [5.41, 5.74) is 5.80. The van der Waals surface area contributed by atoms with Crippen LogP contribution in [0.4, 0.5) is 0 Å². The lowest BCUT2D eigenvalue weighted by Crippen LogP contribution is -2.21. The van der Waals surface area contributed by atoms with E-state index in [-0.39, 0.29) is 22.9 Å².